The Morgan fingerprint density at radius 1 is 1.44 bits per heavy atom. The van der Waals surface area contributed by atoms with Crippen LogP contribution in [0.25, 0.3) is 0 Å². The standard InChI is InChI=1S/C15H17NO2/c1-16(15(18)13-8-9-13)11-14-6-3-2-5-12(14)7-4-10-17/h2-3,5-6,13,17H,8-11H2,1H3. The Balaban J connectivity index is 2.10. The predicted molar refractivity (Wildman–Crippen MR) is 69.6 cm³/mol. The third-order valence-electron chi connectivity index (χ3n) is 3.03. The van der Waals surface area contributed by atoms with Gasteiger partial charge in [-0.1, -0.05) is 30.0 Å². The fourth-order valence-corrected chi connectivity index (χ4v) is 1.89. The van der Waals surface area contributed by atoms with Crippen molar-refractivity contribution >= 4 is 5.91 Å². The summed E-state index contributed by atoms with van der Waals surface area (Å²) in [4.78, 5) is 13.6. The summed E-state index contributed by atoms with van der Waals surface area (Å²) in [5.41, 5.74) is 1.90. The second-order valence-electron chi connectivity index (χ2n) is 4.59. The van der Waals surface area contributed by atoms with Crippen LogP contribution >= 0.6 is 0 Å². The Labute approximate surface area is 107 Å². The molecule has 94 valence electrons. The lowest BCUT2D eigenvalue weighted by Gasteiger charge is -2.17. The van der Waals surface area contributed by atoms with E-state index < -0.39 is 0 Å². The minimum atomic E-state index is -0.148. The van der Waals surface area contributed by atoms with Gasteiger partial charge in [-0.15, -0.1) is 0 Å². The highest BCUT2D eigenvalue weighted by Gasteiger charge is 2.31. The Bertz CT molecular complexity index is 495. The molecule has 1 saturated carbocycles. The molecule has 3 nitrogen and oxygen atoms in total. The minimum absolute atomic E-state index is 0.148. The Morgan fingerprint density at radius 2 is 2.17 bits per heavy atom. The zero-order valence-electron chi connectivity index (χ0n) is 10.5. The largest absolute Gasteiger partial charge is 0.384 e. The molecular weight excluding hydrogens is 226 g/mol. The normalized spacial score (nSPS) is 13.7. The van der Waals surface area contributed by atoms with Gasteiger partial charge in [0.05, 0.1) is 0 Å². The van der Waals surface area contributed by atoms with E-state index in [9.17, 15) is 4.79 Å². The highest BCUT2D eigenvalue weighted by Crippen LogP contribution is 2.31. The molecule has 3 heteroatoms. The van der Waals surface area contributed by atoms with Gasteiger partial charge >= 0.3 is 0 Å². The molecule has 0 atom stereocenters. The molecule has 2 rings (SSSR count). The SMILES string of the molecule is CN(Cc1ccccc1C#CCO)C(=O)C1CC1. The van der Waals surface area contributed by atoms with Gasteiger partial charge in [-0.05, 0) is 24.5 Å². The molecule has 1 aliphatic rings. The van der Waals surface area contributed by atoms with Gasteiger partial charge in [0.15, 0.2) is 0 Å². The molecule has 0 radical (unpaired) electrons. The van der Waals surface area contributed by atoms with Gasteiger partial charge in [0.25, 0.3) is 0 Å². The maximum atomic E-state index is 11.9. The number of carbonyl (C=O) groups excluding carboxylic acids is 1. The van der Waals surface area contributed by atoms with Crippen molar-refractivity contribution in [2.24, 2.45) is 5.92 Å². The first kappa shape index (κ1) is 12.7. The van der Waals surface area contributed by atoms with Crippen LogP contribution in [0, 0.1) is 17.8 Å². The summed E-state index contributed by atoms with van der Waals surface area (Å²) in [6, 6.07) is 7.73. The molecular formula is C15H17NO2. The van der Waals surface area contributed by atoms with Crippen molar-refractivity contribution in [3.05, 3.63) is 35.4 Å². The number of hydrogen-bond acceptors (Lipinski definition) is 2. The number of hydrogen-bond donors (Lipinski definition) is 1. The minimum Gasteiger partial charge on any atom is -0.384 e. The molecule has 1 aromatic carbocycles. The van der Waals surface area contributed by atoms with E-state index in [2.05, 4.69) is 11.8 Å². The van der Waals surface area contributed by atoms with Crippen LogP contribution in [0.3, 0.4) is 0 Å². The molecule has 0 spiro atoms. The summed E-state index contributed by atoms with van der Waals surface area (Å²) in [5.74, 6) is 6.02. The quantitative estimate of drug-likeness (QED) is 0.815. The van der Waals surface area contributed by atoms with Crippen molar-refractivity contribution in [3.8, 4) is 11.8 Å². The first-order valence-electron chi connectivity index (χ1n) is 6.15. The molecule has 0 bridgehead atoms. The number of amides is 1. The van der Waals surface area contributed by atoms with Crippen LogP contribution in [0.1, 0.15) is 24.0 Å². The average molecular weight is 243 g/mol. The maximum absolute atomic E-state index is 11.9. The third kappa shape index (κ3) is 3.12. The number of nitrogens with zero attached hydrogens (tertiary/aromatic N) is 1. The van der Waals surface area contributed by atoms with Gasteiger partial charge in [0.2, 0.25) is 5.91 Å². The van der Waals surface area contributed by atoms with Crippen LogP contribution in [0.15, 0.2) is 24.3 Å². The molecule has 0 unspecified atom stereocenters. The van der Waals surface area contributed by atoms with Gasteiger partial charge in [0.1, 0.15) is 6.61 Å². The molecule has 0 aliphatic heterocycles. The third-order valence-corrected chi connectivity index (χ3v) is 3.03. The van der Waals surface area contributed by atoms with Gasteiger partial charge in [0, 0.05) is 25.1 Å². The lowest BCUT2D eigenvalue weighted by molar-refractivity contribution is -0.131. The Morgan fingerprint density at radius 3 is 2.83 bits per heavy atom. The smallest absolute Gasteiger partial charge is 0.225 e. The van der Waals surface area contributed by atoms with Crippen LogP contribution in [0.4, 0.5) is 0 Å². The molecule has 1 amide bonds. The van der Waals surface area contributed by atoms with Gasteiger partial charge in [-0.2, -0.15) is 0 Å². The Kier molecular flexibility index (Phi) is 4.01. The number of aliphatic hydroxyl groups excluding tert-OH is 1. The summed E-state index contributed by atoms with van der Waals surface area (Å²) in [5, 5.41) is 8.73. The average Bonchev–Trinajstić information content (AvgIpc) is 3.21. The predicted octanol–water partition coefficient (Wildman–Crippen LogP) is 1.40. The monoisotopic (exact) mass is 243 g/mol. The summed E-state index contributed by atoms with van der Waals surface area (Å²) in [6.07, 6.45) is 2.05. The summed E-state index contributed by atoms with van der Waals surface area (Å²) in [6.45, 7) is 0.427. The van der Waals surface area contributed by atoms with E-state index in [1.165, 1.54) is 0 Å². The summed E-state index contributed by atoms with van der Waals surface area (Å²) >= 11 is 0. The van der Waals surface area contributed by atoms with Crippen LogP contribution in [-0.4, -0.2) is 29.6 Å². The fourth-order valence-electron chi connectivity index (χ4n) is 1.89. The first-order valence-corrected chi connectivity index (χ1v) is 6.15. The van der Waals surface area contributed by atoms with Crippen LogP contribution in [0.5, 0.6) is 0 Å². The highest BCUT2D eigenvalue weighted by molar-refractivity contribution is 5.80. The zero-order chi connectivity index (χ0) is 13.0. The van der Waals surface area contributed by atoms with E-state index in [1.54, 1.807) is 4.90 Å². The first-order chi connectivity index (χ1) is 8.72. The molecule has 18 heavy (non-hydrogen) atoms. The topological polar surface area (TPSA) is 40.5 Å². The van der Waals surface area contributed by atoms with Crippen molar-refractivity contribution in [2.45, 2.75) is 19.4 Å². The van der Waals surface area contributed by atoms with Crippen molar-refractivity contribution < 1.29 is 9.90 Å². The van der Waals surface area contributed by atoms with Crippen molar-refractivity contribution in [1.29, 1.82) is 0 Å². The number of aliphatic hydroxyl groups is 1. The molecule has 1 fully saturated rings. The van der Waals surface area contributed by atoms with E-state index in [-0.39, 0.29) is 18.4 Å². The second-order valence-corrected chi connectivity index (χ2v) is 4.59. The van der Waals surface area contributed by atoms with E-state index in [4.69, 9.17) is 5.11 Å². The van der Waals surface area contributed by atoms with Crippen molar-refractivity contribution in [1.82, 2.24) is 4.90 Å². The molecule has 0 aromatic heterocycles. The highest BCUT2D eigenvalue weighted by atomic mass is 16.2. The number of benzene rings is 1. The molecule has 0 heterocycles. The van der Waals surface area contributed by atoms with E-state index in [0.29, 0.717) is 6.54 Å². The second kappa shape index (κ2) is 5.70. The lowest BCUT2D eigenvalue weighted by atomic mass is 10.1. The zero-order valence-corrected chi connectivity index (χ0v) is 10.5. The van der Waals surface area contributed by atoms with Crippen LogP contribution < -0.4 is 0 Å². The summed E-state index contributed by atoms with van der Waals surface area (Å²) in [7, 11) is 1.83. The van der Waals surface area contributed by atoms with E-state index in [1.807, 2.05) is 31.3 Å². The van der Waals surface area contributed by atoms with E-state index >= 15 is 0 Å². The van der Waals surface area contributed by atoms with Crippen molar-refractivity contribution in [3.63, 3.8) is 0 Å². The molecule has 1 aromatic rings. The lowest BCUT2D eigenvalue weighted by Crippen LogP contribution is -2.27. The van der Waals surface area contributed by atoms with Gasteiger partial charge in [-0.3, -0.25) is 4.79 Å². The fraction of sp³-hybridized carbons (Fsp3) is 0.400. The van der Waals surface area contributed by atoms with Crippen molar-refractivity contribution in [2.75, 3.05) is 13.7 Å². The molecule has 1 aliphatic carbocycles. The number of rotatable bonds is 3. The van der Waals surface area contributed by atoms with Crippen LogP contribution in [0.2, 0.25) is 0 Å². The van der Waals surface area contributed by atoms with Crippen LogP contribution in [-0.2, 0) is 11.3 Å². The molecule has 1 N–H and O–H groups in total. The van der Waals surface area contributed by atoms with Gasteiger partial charge < -0.3 is 10.0 Å². The van der Waals surface area contributed by atoms with Gasteiger partial charge in [-0.25, -0.2) is 0 Å². The number of carbonyl (C=O) groups is 1. The maximum Gasteiger partial charge on any atom is 0.225 e. The Hall–Kier alpha value is -1.79. The molecule has 0 saturated heterocycles. The summed E-state index contributed by atoms with van der Waals surface area (Å²) < 4.78 is 0. The van der Waals surface area contributed by atoms with E-state index in [0.717, 1.165) is 24.0 Å².